The summed E-state index contributed by atoms with van der Waals surface area (Å²) in [5, 5.41) is 20.4. The Morgan fingerprint density at radius 3 is 2.61 bits per heavy atom. The van der Waals surface area contributed by atoms with Crippen molar-refractivity contribution in [1.82, 2.24) is 0 Å². The van der Waals surface area contributed by atoms with E-state index in [2.05, 4.69) is 32.9 Å². The van der Waals surface area contributed by atoms with Crippen LogP contribution in [0.1, 0.15) is 52.9 Å². The van der Waals surface area contributed by atoms with E-state index in [1.807, 2.05) is 0 Å². The number of hydrogen-bond donors (Lipinski definition) is 2. The molecule has 4 rings (SSSR count). The highest BCUT2D eigenvalue weighted by Gasteiger charge is 2.64. The minimum absolute atomic E-state index is 0.00332. The van der Waals surface area contributed by atoms with Gasteiger partial charge >= 0.3 is 0 Å². The average Bonchev–Trinajstić information content (AvgIpc) is 2.85. The van der Waals surface area contributed by atoms with Crippen molar-refractivity contribution in [3.05, 3.63) is 12.2 Å². The summed E-state index contributed by atoms with van der Waals surface area (Å²) in [6.45, 7) is 6.77. The first-order chi connectivity index (χ1) is 10.7. The standard InChI is InChI=1S/C20H30O3/c1-18(2)10-15(22)17(23)19(3)14-9-20(11-21)7-6-12(8-20)13(14)4-5-16(18)19/h6-7,12-16,21-22H,4-5,8-11H2,1-3H3/t12-,13+,14+,15-,16+,19-,20-/m0/s1. The third kappa shape index (κ3) is 1.93. The van der Waals surface area contributed by atoms with Gasteiger partial charge in [-0.2, -0.15) is 0 Å². The molecular weight excluding hydrogens is 288 g/mol. The second-order valence-corrected chi connectivity index (χ2v) is 9.71. The van der Waals surface area contributed by atoms with Crippen molar-refractivity contribution in [2.45, 2.75) is 59.0 Å². The zero-order valence-electron chi connectivity index (χ0n) is 14.6. The fourth-order valence-corrected chi connectivity index (χ4v) is 7.09. The van der Waals surface area contributed by atoms with Crippen molar-refractivity contribution in [3.8, 4) is 0 Å². The molecule has 3 nitrogen and oxygen atoms in total. The first-order valence-corrected chi connectivity index (χ1v) is 9.26. The fourth-order valence-electron chi connectivity index (χ4n) is 7.09. The molecule has 0 aliphatic heterocycles. The normalized spacial score (nSPS) is 53.8. The van der Waals surface area contributed by atoms with E-state index in [1.54, 1.807) is 0 Å². The van der Waals surface area contributed by atoms with Crippen LogP contribution in [0.4, 0.5) is 0 Å². The highest BCUT2D eigenvalue weighted by Crippen LogP contribution is 2.66. The molecular formula is C20H30O3. The Morgan fingerprint density at radius 1 is 1.17 bits per heavy atom. The number of ketones is 1. The van der Waals surface area contributed by atoms with Crippen LogP contribution in [0.3, 0.4) is 0 Å². The molecule has 128 valence electrons. The predicted molar refractivity (Wildman–Crippen MR) is 88.6 cm³/mol. The molecule has 3 heteroatoms. The van der Waals surface area contributed by atoms with Crippen molar-refractivity contribution in [3.63, 3.8) is 0 Å². The average molecular weight is 318 g/mol. The summed E-state index contributed by atoms with van der Waals surface area (Å²) in [6, 6.07) is 0. The molecule has 7 atom stereocenters. The molecule has 0 unspecified atom stereocenters. The van der Waals surface area contributed by atoms with Crippen molar-refractivity contribution in [2.75, 3.05) is 6.61 Å². The zero-order chi connectivity index (χ0) is 16.6. The molecule has 0 heterocycles. The number of Topliss-reactive ketones (excluding diaryl/α,β-unsaturated/α-hetero) is 1. The minimum atomic E-state index is -0.817. The Kier molecular flexibility index (Phi) is 3.23. The quantitative estimate of drug-likeness (QED) is 0.731. The Morgan fingerprint density at radius 2 is 1.91 bits per heavy atom. The molecule has 0 radical (unpaired) electrons. The van der Waals surface area contributed by atoms with Crippen LogP contribution in [0.2, 0.25) is 0 Å². The van der Waals surface area contributed by atoms with E-state index in [9.17, 15) is 15.0 Å². The van der Waals surface area contributed by atoms with Crippen molar-refractivity contribution >= 4 is 5.78 Å². The molecule has 23 heavy (non-hydrogen) atoms. The Balaban J connectivity index is 1.78. The van der Waals surface area contributed by atoms with Crippen LogP contribution in [0.25, 0.3) is 0 Å². The molecule has 3 saturated carbocycles. The summed E-state index contributed by atoms with van der Waals surface area (Å²) >= 11 is 0. The third-order valence-corrected chi connectivity index (χ3v) is 8.13. The lowest BCUT2D eigenvalue weighted by Crippen LogP contribution is -2.62. The smallest absolute Gasteiger partial charge is 0.167 e. The number of aliphatic hydroxyl groups excluding tert-OH is 2. The number of aliphatic hydroxyl groups is 2. The molecule has 2 bridgehead atoms. The third-order valence-electron chi connectivity index (χ3n) is 8.13. The number of allylic oxidation sites excluding steroid dienone is 1. The van der Waals surface area contributed by atoms with Gasteiger partial charge in [-0.05, 0) is 61.2 Å². The number of hydrogen-bond acceptors (Lipinski definition) is 3. The van der Waals surface area contributed by atoms with Crippen molar-refractivity contribution in [1.29, 1.82) is 0 Å². The molecule has 0 spiro atoms. The van der Waals surface area contributed by atoms with Crippen molar-refractivity contribution in [2.24, 2.45) is 39.9 Å². The van der Waals surface area contributed by atoms with E-state index in [0.29, 0.717) is 30.1 Å². The van der Waals surface area contributed by atoms with Crippen LogP contribution in [0.15, 0.2) is 12.2 Å². The molecule has 0 amide bonds. The number of carbonyl (C=O) groups is 1. The maximum absolute atomic E-state index is 13.1. The zero-order valence-corrected chi connectivity index (χ0v) is 14.6. The van der Waals surface area contributed by atoms with E-state index < -0.39 is 11.5 Å². The van der Waals surface area contributed by atoms with E-state index in [-0.39, 0.29) is 23.2 Å². The van der Waals surface area contributed by atoms with E-state index in [0.717, 1.165) is 19.3 Å². The lowest BCUT2D eigenvalue weighted by atomic mass is 9.41. The summed E-state index contributed by atoms with van der Waals surface area (Å²) in [4.78, 5) is 13.1. The van der Waals surface area contributed by atoms with Crippen LogP contribution in [-0.4, -0.2) is 28.7 Å². The molecule has 4 aliphatic carbocycles. The number of carbonyl (C=O) groups excluding carboxylic acids is 1. The Bertz CT molecular complexity index is 565. The molecule has 0 aromatic carbocycles. The van der Waals surface area contributed by atoms with Crippen LogP contribution in [0.5, 0.6) is 0 Å². The molecule has 0 aromatic rings. The largest absolute Gasteiger partial charge is 0.395 e. The molecule has 0 saturated heterocycles. The topological polar surface area (TPSA) is 57.5 Å². The van der Waals surface area contributed by atoms with Crippen LogP contribution < -0.4 is 0 Å². The SMILES string of the molecule is CC1(C)C[C@H](O)C(=O)[C@@]2(C)[C@@H]3C[C@]4(CO)C=C[C@@H](C4)[C@H]3CC[C@H]12. The first-order valence-electron chi connectivity index (χ1n) is 9.26. The van der Waals surface area contributed by atoms with E-state index >= 15 is 0 Å². The van der Waals surface area contributed by atoms with Crippen molar-refractivity contribution < 1.29 is 15.0 Å². The first kappa shape index (κ1) is 15.8. The second kappa shape index (κ2) is 4.70. The second-order valence-electron chi connectivity index (χ2n) is 9.71. The molecule has 4 aliphatic rings. The van der Waals surface area contributed by atoms with E-state index in [4.69, 9.17) is 0 Å². The van der Waals surface area contributed by atoms with Gasteiger partial charge in [0.1, 0.15) is 6.10 Å². The number of rotatable bonds is 1. The number of fused-ring (bicyclic) bond motifs is 6. The summed E-state index contributed by atoms with van der Waals surface area (Å²) in [5.41, 5.74) is -0.553. The van der Waals surface area contributed by atoms with Gasteiger partial charge in [0.15, 0.2) is 5.78 Å². The predicted octanol–water partition coefficient (Wildman–Crippen LogP) is 2.95. The monoisotopic (exact) mass is 318 g/mol. The van der Waals surface area contributed by atoms with E-state index in [1.165, 1.54) is 6.42 Å². The molecule has 0 aromatic heterocycles. The molecule has 2 N–H and O–H groups in total. The van der Waals surface area contributed by atoms with Gasteiger partial charge < -0.3 is 10.2 Å². The highest BCUT2D eigenvalue weighted by atomic mass is 16.3. The fraction of sp³-hybridized carbons (Fsp3) is 0.850. The Labute approximate surface area is 139 Å². The summed E-state index contributed by atoms with van der Waals surface area (Å²) in [6.07, 6.45) is 8.55. The van der Waals surface area contributed by atoms with Crippen LogP contribution in [-0.2, 0) is 4.79 Å². The van der Waals surface area contributed by atoms with Crippen LogP contribution >= 0.6 is 0 Å². The lowest BCUT2D eigenvalue weighted by Gasteiger charge is -2.62. The van der Waals surface area contributed by atoms with Gasteiger partial charge in [-0.1, -0.05) is 32.9 Å². The molecule has 3 fully saturated rings. The van der Waals surface area contributed by atoms with Gasteiger partial charge in [0.25, 0.3) is 0 Å². The van der Waals surface area contributed by atoms with Gasteiger partial charge in [-0.15, -0.1) is 0 Å². The minimum Gasteiger partial charge on any atom is -0.395 e. The highest BCUT2D eigenvalue weighted by molar-refractivity contribution is 5.90. The van der Waals surface area contributed by atoms with Gasteiger partial charge in [0.2, 0.25) is 0 Å². The van der Waals surface area contributed by atoms with Gasteiger partial charge in [-0.3, -0.25) is 4.79 Å². The maximum Gasteiger partial charge on any atom is 0.167 e. The van der Waals surface area contributed by atoms with Crippen LogP contribution in [0, 0.1) is 39.9 Å². The summed E-state index contributed by atoms with van der Waals surface area (Å²) in [5.74, 6) is 1.77. The van der Waals surface area contributed by atoms with Gasteiger partial charge in [0, 0.05) is 10.8 Å². The summed E-state index contributed by atoms with van der Waals surface area (Å²) < 4.78 is 0. The maximum atomic E-state index is 13.1. The van der Waals surface area contributed by atoms with Gasteiger partial charge in [-0.25, -0.2) is 0 Å². The van der Waals surface area contributed by atoms with Gasteiger partial charge in [0.05, 0.1) is 6.61 Å². The lowest BCUT2D eigenvalue weighted by molar-refractivity contribution is -0.180. The summed E-state index contributed by atoms with van der Waals surface area (Å²) in [7, 11) is 0. The Hall–Kier alpha value is -0.670.